The summed E-state index contributed by atoms with van der Waals surface area (Å²) in [5.41, 5.74) is 0.892. The smallest absolute Gasteiger partial charge is 0.238 e. The molecule has 0 saturated carbocycles. The van der Waals surface area contributed by atoms with Crippen LogP contribution in [0.3, 0.4) is 0 Å². The fourth-order valence-electron chi connectivity index (χ4n) is 1.25. The van der Waals surface area contributed by atoms with E-state index in [2.05, 4.69) is 15.6 Å². The highest BCUT2D eigenvalue weighted by atomic mass is 16.2. The molecule has 0 aromatic carbocycles. The first-order valence-corrected chi connectivity index (χ1v) is 3.61. The quantitative estimate of drug-likeness (QED) is 0.485. The summed E-state index contributed by atoms with van der Waals surface area (Å²) in [5.74, 6) is 0.0181. The maximum absolute atomic E-state index is 10.9. The molecule has 1 unspecified atom stereocenters. The molecule has 1 amide bonds. The molecular formula is C7H9N3O. The summed E-state index contributed by atoms with van der Waals surface area (Å²) in [6.45, 7) is 0.413. The number of carbonyl (C=O) groups excluding carboxylic acids is 1. The number of hydrogen-bond acceptors (Lipinski definition) is 3. The minimum absolute atomic E-state index is 0.0181. The molecule has 0 aliphatic carbocycles. The van der Waals surface area contributed by atoms with E-state index in [0.29, 0.717) is 6.54 Å². The third kappa shape index (κ3) is 1.17. The molecule has 4 heteroatoms. The van der Waals surface area contributed by atoms with Crippen molar-refractivity contribution in [3.8, 4) is 0 Å². The van der Waals surface area contributed by atoms with Gasteiger partial charge in [0.15, 0.2) is 0 Å². The molecule has 1 atom stereocenters. The van der Waals surface area contributed by atoms with Crippen molar-refractivity contribution in [2.45, 2.75) is 12.5 Å². The number of nitrogens with zero attached hydrogens (tertiary/aromatic N) is 1. The van der Waals surface area contributed by atoms with Crippen LogP contribution in [0.15, 0.2) is 16.9 Å². The van der Waals surface area contributed by atoms with Gasteiger partial charge in [-0.2, -0.15) is 0 Å². The molecule has 0 radical (unpaired) electrons. The van der Waals surface area contributed by atoms with E-state index in [1.807, 2.05) is 6.21 Å². The standard InChI is InChI=1S/C7H9N3O/c11-7-4-9-5-1-2-8-3-6(5)10-7/h2-3,5,9H,1,4H2,(H,10,11). The SMILES string of the molecule is O=C1CNC2CC=NC=C2N1. The van der Waals surface area contributed by atoms with Crippen molar-refractivity contribution < 1.29 is 4.79 Å². The number of nitrogens with one attached hydrogen (secondary N) is 2. The summed E-state index contributed by atoms with van der Waals surface area (Å²) in [6, 6.07) is 0.269. The van der Waals surface area contributed by atoms with Gasteiger partial charge in [-0.1, -0.05) is 0 Å². The van der Waals surface area contributed by atoms with Crippen molar-refractivity contribution >= 4 is 12.1 Å². The summed E-state index contributed by atoms with van der Waals surface area (Å²) in [6.07, 6.45) is 4.41. The molecular weight excluding hydrogens is 142 g/mol. The van der Waals surface area contributed by atoms with Gasteiger partial charge < -0.3 is 5.32 Å². The van der Waals surface area contributed by atoms with Gasteiger partial charge in [0.25, 0.3) is 0 Å². The molecule has 0 spiro atoms. The third-order valence-corrected chi connectivity index (χ3v) is 1.83. The Kier molecular flexibility index (Phi) is 1.47. The van der Waals surface area contributed by atoms with Crippen molar-refractivity contribution in [2.75, 3.05) is 6.54 Å². The Morgan fingerprint density at radius 2 is 2.55 bits per heavy atom. The molecule has 0 aromatic heterocycles. The summed E-state index contributed by atoms with van der Waals surface area (Å²) < 4.78 is 0. The van der Waals surface area contributed by atoms with Crippen LogP contribution in [-0.4, -0.2) is 24.7 Å². The lowest BCUT2D eigenvalue weighted by molar-refractivity contribution is -0.120. The second kappa shape index (κ2) is 2.47. The first-order valence-electron chi connectivity index (χ1n) is 3.61. The number of carbonyl (C=O) groups is 1. The van der Waals surface area contributed by atoms with Gasteiger partial charge in [0.2, 0.25) is 5.91 Å². The lowest BCUT2D eigenvalue weighted by Crippen LogP contribution is -2.50. The highest BCUT2D eigenvalue weighted by Crippen LogP contribution is 2.09. The fourth-order valence-corrected chi connectivity index (χ4v) is 1.25. The van der Waals surface area contributed by atoms with Gasteiger partial charge in [0.05, 0.1) is 18.3 Å². The Bertz CT molecular complexity index is 244. The maximum atomic E-state index is 10.9. The Morgan fingerprint density at radius 3 is 3.45 bits per heavy atom. The maximum Gasteiger partial charge on any atom is 0.238 e. The Hall–Kier alpha value is -1.16. The molecule has 11 heavy (non-hydrogen) atoms. The minimum atomic E-state index is 0.0181. The zero-order valence-corrected chi connectivity index (χ0v) is 6.00. The zero-order valence-electron chi connectivity index (χ0n) is 6.00. The van der Waals surface area contributed by atoms with Crippen LogP contribution in [0.2, 0.25) is 0 Å². The van der Waals surface area contributed by atoms with E-state index >= 15 is 0 Å². The second-order valence-corrected chi connectivity index (χ2v) is 2.63. The van der Waals surface area contributed by atoms with Crippen LogP contribution in [-0.2, 0) is 4.79 Å². The highest BCUT2D eigenvalue weighted by molar-refractivity contribution is 5.82. The number of fused-ring (bicyclic) bond motifs is 1. The summed E-state index contributed by atoms with van der Waals surface area (Å²) >= 11 is 0. The third-order valence-electron chi connectivity index (χ3n) is 1.83. The van der Waals surface area contributed by atoms with Crippen molar-refractivity contribution in [1.29, 1.82) is 0 Å². The van der Waals surface area contributed by atoms with E-state index in [1.54, 1.807) is 6.20 Å². The molecule has 1 saturated heterocycles. The van der Waals surface area contributed by atoms with E-state index in [9.17, 15) is 4.79 Å². The van der Waals surface area contributed by atoms with Gasteiger partial charge in [-0.05, 0) is 0 Å². The van der Waals surface area contributed by atoms with Gasteiger partial charge in [-0.3, -0.25) is 15.1 Å². The number of hydrogen-bond donors (Lipinski definition) is 2. The second-order valence-electron chi connectivity index (χ2n) is 2.63. The van der Waals surface area contributed by atoms with E-state index in [1.165, 1.54) is 0 Å². The number of rotatable bonds is 0. The summed E-state index contributed by atoms with van der Waals surface area (Å²) in [4.78, 5) is 14.8. The predicted octanol–water partition coefficient (Wildman–Crippen LogP) is -0.610. The normalized spacial score (nSPS) is 28.9. The van der Waals surface area contributed by atoms with Crippen molar-refractivity contribution in [3.63, 3.8) is 0 Å². The van der Waals surface area contributed by atoms with E-state index in [-0.39, 0.29) is 11.9 Å². The summed E-state index contributed by atoms with van der Waals surface area (Å²) in [5, 5.41) is 5.86. The Labute approximate surface area is 64.4 Å². The van der Waals surface area contributed by atoms with Crippen molar-refractivity contribution in [1.82, 2.24) is 10.6 Å². The van der Waals surface area contributed by atoms with E-state index in [0.717, 1.165) is 12.1 Å². The van der Waals surface area contributed by atoms with Crippen LogP contribution < -0.4 is 10.6 Å². The van der Waals surface area contributed by atoms with Gasteiger partial charge in [0.1, 0.15) is 0 Å². The van der Waals surface area contributed by atoms with Gasteiger partial charge in [0, 0.05) is 18.8 Å². The molecule has 2 aliphatic heterocycles. The van der Waals surface area contributed by atoms with Gasteiger partial charge in [-0.25, -0.2) is 0 Å². The average molecular weight is 151 g/mol. The lowest BCUT2D eigenvalue weighted by Gasteiger charge is -2.27. The molecule has 2 aliphatic rings. The number of aliphatic imine (C=N–C) groups is 1. The van der Waals surface area contributed by atoms with Crippen LogP contribution in [0.4, 0.5) is 0 Å². The molecule has 2 N–H and O–H groups in total. The monoisotopic (exact) mass is 151 g/mol. The van der Waals surface area contributed by atoms with E-state index < -0.39 is 0 Å². The molecule has 1 fully saturated rings. The zero-order chi connectivity index (χ0) is 7.68. The Morgan fingerprint density at radius 1 is 1.64 bits per heavy atom. The highest BCUT2D eigenvalue weighted by Gasteiger charge is 2.22. The predicted molar refractivity (Wildman–Crippen MR) is 41.1 cm³/mol. The largest absolute Gasteiger partial charge is 0.326 e. The fraction of sp³-hybridized carbons (Fsp3) is 0.429. The summed E-state index contributed by atoms with van der Waals surface area (Å²) in [7, 11) is 0. The molecule has 2 heterocycles. The van der Waals surface area contributed by atoms with Crippen LogP contribution in [0, 0.1) is 0 Å². The molecule has 4 nitrogen and oxygen atoms in total. The minimum Gasteiger partial charge on any atom is -0.326 e. The first-order chi connectivity index (χ1) is 5.36. The molecule has 2 rings (SSSR count). The van der Waals surface area contributed by atoms with E-state index in [4.69, 9.17) is 0 Å². The lowest BCUT2D eigenvalue weighted by atomic mass is 10.1. The molecule has 58 valence electrons. The first kappa shape index (κ1) is 6.54. The van der Waals surface area contributed by atoms with Crippen LogP contribution in [0.1, 0.15) is 6.42 Å². The van der Waals surface area contributed by atoms with Gasteiger partial charge >= 0.3 is 0 Å². The van der Waals surface area contributed by atoms with Crippen LogP contribution >= 0.6 is 0 Å². The molecule has 0 bridgehead atoms. The number of amides is 1. The average Bonchev–Trinajstić information content (AvgIpc) is 2.04. The van der Waals surface area contributed by atoms with Crippen molar-refractivity contribution in [2.24, 2.45) is 4.99 Å². The number of piperazine rings is 1. The van der Waals surface area contributed by atoms with Crippen LogP contribution in [0.5, 0.6) is 0 Å². The van der Waals surface area contributed by atoms with Crippen LogP contribution in [0.25, 0.3) is 0 Å². The Balaban J connectivity index is 2.18. The topological polar surface area (TPSA) is 53.5 Å². The molecule has 0 aromatic rings. The van der Waals surface area contributed by atoms with Gasteiger partial charge in [-0.15, -0.1) is 0 Å². The van der Waals surface area contributed by atoms with Crippen molar-refractivity contribution in [3.05, 3.63) is 11.9 Å².